The van der Waals surface area contributed by atoms with E-state index >= 15 is 0 Å². The van der Waals surface area contributed by atoms with Crippen LogP contribution in [0, 0.1) is 0 Å². The number of nitrogens with zero attached hydrogens (tertiary/aromatic N) is 2. The van der Waals surface area contributed by atoms with Crippen LogP contribution in [0.15, 0.2) is 88.4 Å². The summed E-state index contributed by atoms with van der Waals surface area (Å²) >= 11 is 9.47. The number of anilines is 1. The number of carbonyl (C=O) groups excluding carboxylic acids is 2. The molecular formula is C25H21BrClN3O3. The molecule has 1 N–H and O–H groups in total. The molecule has 1 atom stereocenters. The molecule has 168 valence electrons. The van der Waals surface area contributed by atoms with E-state index < -0.39 is 17.4 Å². The fourth-order valence-electron chi connectivity index (χ4n) is 3.78. The number of rotatable bonds is 5. The first-order valence-corrected chi connectivity index (χ1v) is 11.5. The Morgan fingerprint density at radius 2 is 1.73 bits per heavy atom. The summed E-state index contributed by atoms with van der Waals surface area (Å²) in [5.41, 5.74) is 1.11. The molecule has 0 fully saturated rings. The summed E-state index contributed by atoms with van der Waals surface area (Å²) in [4.78, 5) is 26.6. The van der Waals surface area contributed by atoms with Gasteiger partial charge in [-0.05, 0) is 54.4 Å². The van der Waals surface area contributed by atoms with Crippen LogP contribution < -0.4 is 5.32 Å². The van der Waals surface area contributed by atoms with Crippen LogP contribution in [-0.2, 0) is 14.9 Å². The number of nitrogens with one attached hydrogen (secondary N) is 1. The van der Waals surface area contributed by atoms with Crippen LogP contribution in [0.3, 0.4) is 0 Å². The average Bonchev–Trinajstić information content (AvgIpc) is 3.24. The third kappa shape index (κ3) is 4.65. The summed E-state index contributed by atoms with van der Waals surface area (Å²) < 4.78 is 6.41. The van der Waals surface area contributed by atoms with Gasteiger partial charge in [0, 0.05) is 15.2 Å². The first-order valence-electron chi connectivity index (χ1n) is 10.4. The molecule has 8 heteroatoms. The minimum absolute atomic E-state index is 0.00380. The lowest BCUT2D eigenvalue weighted by Gasteiger charge is -2.29. The SMILES string of the molecule is CCOC(=O)C1(c2ccccc2)CN(C(=O)Nc2ccc(Br)cc2)N=C1c1ccc(Cl)cc1. The van der Waals surface area contributed by atoms with Gasteiger partial charge in [0.05, 0.1) is 18.9 Å². The number of hydrazone groups is 1. The summed E-state index contributed by atoms with van der Waals surface area (Å²) in [6.45, 7) is 1.95. The molecule has 0 aromatic heterocycles. The number of carbonyl (C=O) groups is 2. The second kappa shape index (κ2) is 9.77. The van der Waals surface area contributed by atoms with Crippen molar-refractivity contribution < 1.29 is 14.3 Å². The molecule has 0 spiro atoms. The van der Waals surface area contributed by atoms with Crippen LogP contribution in [-0.4, -0.2) is 35.9 Å². The lowest BCUT2D eigenvalue weighted by Crippen LogP contribution is -2.48. The van der Waals surface area contributed by atoms with Crippen molar-refractivity contribution in [3.8, 4) is 0 Å². The van der Waals surface area contributed by atoms with Crippen molar-refractivity contribution >= 4 is 50.9 Å². The molecule has 0 bridgehead atoms. The molecule has 0 radical (unpaired) electrons. The van der Waals surface area contributed by atoms with Crippen LogP contribution in [0.25, 0.3) is 0 Å². The van der Waals surface area contributed by atoms with Crippen LogP contribution >= 0.6 is 27.5 Å². The third-order valence-corrected chi connectivity index (χ3v) is 6.13. The molecule has 1 heterocycles. The molecule has 3 aromatic rings. The maximum atomic E-state index is 13.5. The number of hydrogen-bond acceptors (Lipinski definition) is 4. The molecule has 1 aliphatic rings. The zero-order chi connectivity index (χ0) is 23.4. The number of ether oxygens (including phenoxy) is 1. The molecule has 2 amide bonds. The second-order valence-electron chi connectivity index (χ2n) is 7.44. The first-order chi connectivity index (χ1) is 15.9. The Balaban J connectivity index is 1.79. The van der Waals surface area contributed by atoms with E-state index in [2.05, 4.69) is 26.3 Å². The van der Waals surface area contributed by atoms with Gasteiger partial charge < -0.3 is 10.1 Å². The van der Waals surface area contributed by atoms with Gasteiger partial charge in [-0.3, -0.25) is 4.79 Å². The van der Waals surface area contributed by atoms with Gasteiger partial charge in [0.15, 0.2) is 5.41 Å². The maximum Gasteiger partial charge on any atom is 0.342 e. The van der Waals surface area contributed by atoms with E-state index in [1.165, 1.54) is 5.01 Å². The summed E-state index contributed by atoms with van der Waals surface area (Å²) in [6.07, 6.45) is 0. The van der Waals surface area contributed by atoms with Gasteiger partial charge in [-0.1, -0.05) is 70.0 Å². The van der Waals surface area contributed by atoms with Gasteiger partial charge >= 0.3 is 12.0 Å². The smallest absolute Gasteiger partial charge is 0.342 e. The van der Waals surface area contributed by atoms with E-state index in [1.54, 1.807) is 43.3 Å². The Bertz CT molecular complexity index is 1180. The largest absolute Gasteiger partial charge is 0.465 e. The molecule has 4 rings (SSSR count). The highest BCUT2D eigenvalue weighted by Crippen LogP contribution is 2.37. The van der Waals surface area contributed by atoms with Gasteiger partial charge in [-0.2, -0.15) is 5.10 Å². The minimum Gasteiger partial charge on any atom is -0.465 e. The highest BCUT2D eigenvalue weighted by molar-refractivity contribution is 9.10. The molecule has 0 aliphatic carbocycles. The van der Waals surface area contributed by atoms with Crippen molar-refractivity contribution in [3.05, 3.63) is 99.5 Å². The maximum absolute atomic E-state index is 13.5. The van der Waals surface area contributed by atoms with Gasteiger partial charge in [0.2, 0.25) is 0 Å². The van der Waals surface area contributed by atoms with Gasteiger partial charge in [0.25, 0.3) is 0 Å². The van der Waals surface area contributed by atoms with Crippen LogP contribution in [0.5, 0.6) is 0 Å². The normalized spacial score (nSPS) is 17.4. The fourth-order valence-corrected chi connectivity index (χ4v) is 4.17. The van der Waals surface area contributed by atoms with E-state index in [0.29, 0.717) is 27.5 Å². The third-order valence-electron chi connectivity index (χ3n) is 5.35. The summed E-state index contributed by atoms with van der Waals surface area (Å²) in [5.74, 6) is -0.469. The zero-order valence-corrected chi connectivity index (χ0v) is 20.1. The topological polar surface area (TPSA) is 71.0 Å². The molecule has 0 saturated carbocycles. The van der Waals surface area contributed by atoms with Gasteiger partial charge in [-0.15, -0.1) is 0 Å². The summed E-state index contributed by atoms with van der Waals surface area (Å²) in [7, 11) is 0. The molecule has 3 aromatic carbocycles. The molecule has 33 heavy (non-hydrogen) atoms. The number of benzene rings is 3. The van der Waals surface area contributed by atoms with Crippen molar-refractivity contribution in [2.24, 2.45) is 5.10 Å². The highest BCUT2D eigenvalue weighted by Gasteiger charge is 2.53. The average molecular weight is 527 g/mol. The van der Waals surface area contributed by atoms with Crippen molar-refractivity contribution in [1.29, 1.82) is 0 Å². The van der Waals surface area contributed by atoms with Crippen LogP contribution in [0.1, 0.15) is 18.1 Å². The first kappa shape index (κ1) is 23.0. The monoisotopic (exact) mass is 525 g/mol. The quantitative estimate of drug-likeness (QED) is 0.424. The predicted octanol–water partition coefficient (Wildman–Crippen LogP) is 5.86. The lowest BCUT2D eigenvalue weighted by molar-refractivity contribution is -0.147. The van der Waals surface area contributed by atoms with E-state index in [1.807, 2.05) is 42.5 Å². The highest BCUT2D eigenvalue weighted by atomic mass is 79.9. The minimum atomic E-state index is -1.29. The number of halogens is 2. The fraction of sp³-hybridized carbons (Fsp3) is 0.160. The molecule has 1 aliphatic heterocycles. The summed E-state index contributed by atoms with van der Waals surface area (Å²) in [6, 6.07) is 23.0. The number of amides is 2. The Morgan fingerprint density at radius 1 is 1.06 bits per heavy atom. The lowest BCUT2D eigenvalue weighted by atomic mass is 9.74. The van der Waals surface area contributed by atoms with E-state index in [9.17, 15) is 9.59 Å². The van der Waals surface area contributed by atoms with Crippen LogP contribution in [0.4, 0.5) is 10.5 Å². The van der Waals surface area contributed by atoms with Crippen LogP contribution in [0.2, 0.25) is 5.02 Å². The zero-order valence-electron chi connectivity index (χ0n) is 17.8. The van der Waals surface area contributed by atoms with Crippen molar-refractivity contribution in [2.45, 2.75) is 12.3 Å². The van der Waals surface area contributed by atoms with E-state index in [4.69, 9.17) is 16.3 Å². The number of hydrogen-bond donors (Lipinski definition) is 1. The Labute approximate surface area is 205 Å². The standard InChI is InChI=1S/C25H21BrClN3O3/c1-2-33-23(31)25(18-6-4-3-5-7-18)16-30(24(32)28-21-14-10-19(26)11-15-21)29-22(25)17-8-12-20(27)13-9-17/h3-15H,2,16H2,1H3,(H,28,32). The summed E-state index contributed by atoms with van der Waals surface area (Å²) in [5, 5.41) is 9.29. The van der Waals surface area contributed by atoms with E-state index in [0.717, 1.165) is 4.47 Å². The molecular weight excluding hydrogens is 506 g/mol. The number of urea groups is 1. The van der Waals surface area contributed by atoms with Gasteiger partial charge in [-0.25, -0.2) is 9.80 Å². The van der Waals surface area contributed by atoms with Crippen molar-refractivity contribution in [3.63, 3.8) is 0 Å². The molecule has 0 saturated heterocycles. The van der Waals surface area contributed by atoms with E-state index in [-0.39, 0.29) is 13.2 Å². The molecule has 1 unspecified atom stereocenters. The number of esters is 1. The Kier molecular flexibility index (Phi) is 6.81. The second-order valence-corrected chi connectivity index (χ2v) is 8.79. The predicted molar refractivity (Wildman–Crippen MR) is 133 cm³/mol. The Morgan fingerprint density at radius 3 is 2.36 bits per heavy atom. The van der Waals surface area contributed by atoms with Crippen molar-refractivity contribution in [2.75, 3.05) is 18.5 Å². The Hall–Kier alpha value is -3.16. The molecule has 6 nitrogen and oxygen atoms in total. The van der Waals surface area contributed by atoms with Crippen molar-refractivity contribution in [1.82, 2.24) is 5.01 Å². The van der Waals surface area contributed by atoms with Gasteiger partial charge in [0.1, 0.15) is 0 Å².